The van der Waals surface area contributed by atoms with E-state index in [1.54, 1.807) is 12.1 Å². The highest BCUT2D eigenvalue weighted by atomic mass is 16.3. The molecule has 1 amide bonds. The fraction of sp³-hybridized carbons (Fsp3) is 0.333. The molecule has 4 nitrogen and oxygen atoms in total. The molecule has 1 fully saturated rings. The minimum atomic E-state index is -1.59. The van der Waals surface area contributed by atoms with Gasteiger partial charge in [0.1, 0.15) is 0 Å². The Balaban J connectivity index is 2.17. The second-order valence-electron chi connectivity index (χ2n) is 4.28. The molecule has 82 valence electrons. The summed E-state index contributed by atoms with van der Waals surface area (Å²) in [4.78, 5) is 25.0. The average Bonchev–Trinajstić information content (AvgIpc) is 2.59. The Hall–Kier alpha value is -1.68. The van der Waals surface area contributed by atoms with Crippen molar-refractivity contribution in [2.24, 2.45) is 0 Å². The summed E-state index contributed by atoms with van der Waals surface area (Å²) in [6.07, 6.45) is 0.454. The van der Waals surface area contributed by atoms with Gasteiger partial charge in [0.25, 0.3) is 0 Å². The van der Waals surface area contributed by atoms with Crippen LogP contribution in [0.1, 0.15) is 28.8 Å². The maximum Gasteiger partial charge on any atom is 0.225 e. The Labute approximate surface area is 92.5 Å². The van der Waals surface area contributed by atoms with E-state index in [9.17, 15) is 14.7 Å². The molecule has 0 saturated carbocycles. The van der Waals surface area contributed by atoms with Crippen LogP contribution in [0, 0.1) is 0 Å². The number of benzene rings is 1. The predicted molar refractivity (Wildman–Crippen MR) is 55.5 cm³/mol. The van der Waals surface area contributed by atoms with Gasteiger partial charge in [0, 0.05) is 24.9 Å². The topological polar surface area (TPSA) is 57.6 Å². The van der Waals surface area contributed by atoms with Gasteiger partial charge >= 0.3 is 0 Å². The lowest BCUT2D eigenvalue weighted by atomic mass is 9.90. The smallest absolute Gasteiger partial charge is 0.225 e. The average molecular weight is 217 g/mol. The van der Waals surface area contributed by atoms with Crippen LogP contribution in [-0.2, 0) is 11.3 Å². The first-order valence-electron chi connectivity index (χ1n) is 5.28. The zero-order chi connectivity index (χ0) is 11.3. The number of hydrogen-bond donors (Lipinski definition) is 1. The molecular formula is C12H11NO3. The van der Waals surface area contributed by atoms with Gasteiger partial charge in [-0.2, -0.15) is 0 Å². The van der Waals surface area contributed by atoms with E-state index in [0.29, 0.717) is 12.1 Å². The van der Waals surface area contributed by atoms with Crippen molar-refractivity contribution >= 4 is 11.7 Å². The zero-order valence-corrected chi connectivity index (χ0v) is 8.64. The molecule has 3 rings (SSSR count). The molecule has 0 radical (unpaired) electrons. The number of nitrogens with zero attached hydrogens (tertiary/aromatic N) is 1. The molecule has 0 bridgehead atoms. The number of Topliss-reactive ketones (excluding diaryl/α,β-unsaturated/α-hetero) is 1. The molecule has 0 aromatic heterocycles. The van der Waals surface area contributed by atoms with Crippen molar-refractivity contribution in [3.63, 3.8) is 0 Å². The molecule has 2 aliphatic rings. The fourth-order valence-corrected chi connectivity index (χ4v) is 2.48. The number of rotatable bonds is 0. The normalized spacial score (nSPS) is 27.9. The Morgan fingerprint density at radius 3 is 2.81 bits per heavy atom. The van der Waals surface area contributed by atoms with Gasteiger partial charge < -0.3 is 10.0 Å². The van der Waals surface area contributed by atoms with Crippen LogP contribution in [-0.4, -0.2) is 27.4 Å². The molecule has 1 N–H and O–H groups in total. The molecule has 16 heavy (non-hydrogen) atoms. The van der Waals surface area contributed by atoms with Crippen molar-refractivity contribution in [3.8, 4) is 0 Å². The van der Waals surface area contributed by atoms with E-state index in [-0.39, 0.29) is 24.5 Å². The summed E-state index contributed by atoms with van der Waals surface area (Å²) in [7, 11) is 0. The van der Waals surface area contributed by atoms with Crippen molar-refractivity contribution in [3.05, 3.63) is 35.4 Å². The van der Waals surface area contributed by atoms with Crippen LogP contribution in [0.5, 0.6) is 0 Å². The maximum absolute atomic E-state index is 12.1. The SMILES string of the molecule is O=C1CCC2(O)C(=O)c3ccccc3CN12. The Morgan fingerprint density at radius 1 is 1.25 bits per heavy atom. The number of hydrogen-bond acceptors (Lipinski definition) is 3. The molecule has 1 unspecified atom stereocenters. The summed E-state index contributed by atoms with van der Waals surface area (Å²) >= 11 is 0. The summed E-state index contributed by atoms with van der Waals surface area (Å²) in [6.45, 7) is 0.331. The second-order valence-corrected chi connectivity index (χ2v) is 4.28. The third kappa shape index (κ3) is 1.02. The molecule has 1 atom stereocenters. The van der Waals surface area contributed by atoms with E-state index < -0.39 is 5.72 Å². The highest BCUT2D eigenvalue weighted by molar-refractivity contribution is 6.07. The molecule has 4 heteroatoms. The Morgan fingerprint density at radius 2 is 2.00 bits per heavy atom. The zero-order valence-electron chi connectivity index (χ0n) is 8.64. The number of ketones is 1. The lowest BCUT2D eigenvalue weighted by molar-refractivity contribution is -0.141. The molecule has 2 aliphatic heterocycles. The highest BCUT2D eigenvalue weighted by Gasteiger charge is 2.52. The first kappa shape index (κ1) is 9.54. The van der Waals surface area contributed by atoms with Gasteiger partial charge in [-0.1, -0.05) is 24.3 Å². The van der Waals surface area contributed by atoms with Crippen LogP contribution in [0.15, 0.2) is 24.3 Å². The van der Waals surface area contributed by atoms with Crippen LogP contribution in [0.3, 0.4) is 0 Å². The van der Waals surface area contributed by atoms with Crippen LogP contribution in [0.4, 0.5) is 0 Å². The molecule has 0 spiro atoms. The van der Waals surface area contributed by atoms with Crippen LogP contribution in [0.25, 0.3) is 0 Å². The van der Waals surface area contributed by atoms with Crippen molar-refractivity contribution in [2.45, 2.75) is 25.1 Å². The first-order valence-corrected chi connectivity index (χ1v) is 5.28. The van der Waals surface area contributed by atoms with E-state index in [2.05, 4.69) is 0 Å². The van der Waals surface area contributed by atoms with E-state index in [4.69, 9.17) is 0 Å². The largest absolute Gasteiger partial charge is 0.364 e. The van der Waals surface area contributed by atoms with Crippen molar-refractivity contribution in [2.75, 3.05) is 0 Å². The molecule has 0 aliphatic carbocycles. The second kappa shape index (κ2) is 2.92. The van der Waals surface area contributed by atoms with Gasteiger partial charge in [-0.25, -0.2) is 0 Å². The summed E-state index contributed by atoms with van der Waals surface area (Å²) in [5.41, 5.74) is -0.241. The summed E-state index contributed by atoms with van der Waals surface area (Å²) in [5, 5.41) is 10.3. The predicted octanol–water partition coefficient (Wildman–Crippen LogP) is 0.694. The van der Waals surface area contributed by atoms with E-state index in [0.717, 1.165) is 5.56 Å². The number of carbonyl (C=O) groups excluding carboxylic acids is 2. The Kier molecular flexibility index (Phi) is 1.74. The summed E-state index contributed by atoms with van der Waals surface area (Å²) in [6, 6.07) is 7.12. The van der Waals surface area contributed by atoms with Gasteiger partial charge in [-0.15, -0.1) is 0 Å². The van der Waals surface area contributed by atoms with Gasteiger partial charge in [0.2, 0.25) is 17.4 Å². The van der Waals surface area contributed by atoms with Crippen molar-refractivity contribution in [1.82, 2.24) is 4.90 Å². The lowest BCUT2D eigenvalue weighted by Gasteiger charge is -2.37. The summed E-state index contributed by atoms with van der Waals surface area (Å²) < 4.78 is 0. The minimum Gasteiger partial charge on any atom is -0.364 e. The number of aliphatic hydroxyl groups is 1. The van der Waals surface area contributed by atoms with Gasteiger partial charge in [0.15, 0.2) is 0 Å². The van der Waals surface area contributed by atoms with Crippen LogP contribution in [0.2, 0.25) is 0 Å². The number of amides is 1. The van der Waals surface area contributed by atoms with Crippen LogP contribution < -0.4 is 0 Å². The molecule has 1 aromatic carbocycles. The summed E-state index contributed by atoms with van der Waals surface area (Å²) in [5.74, 6) is -0.495. The lowest BCUT2D eigenvalue weighted by Crippen LogP contribution is -2.54. The third-order valence-electron chi connectivity index (χ3n) is 3.39. The van der Waals surface area contributed by atoms with Gasteiger partial charge in [-0.05, 0) is 5.56 Å². The third-order valence-corrected chi connectivity index (χ3v) is 3.39. The minimum absolute atomic E-state index is 0.148. The Bertz CT molecular complexity index is 497. The van der Waals surface area contributed by atoms with Crippen molar-refractivity contribution in [1.29, 1.82) is 0 Å². The maximum atomic E-state index is 12.1. The van der Waals surface area contributed by atoms with E-state index >= 15 is 0 Å². The standard InChI is InChI=1S/C12H11NO3/c14-10-5-6-12(16)11(15)9-4-2-1-3-8(9)7-13(10)12/h1-4,16H,5-7H2. The van der Waals surface area contributed by atoms with E-state index in [1.807, 2.05) is 12.1 Å². The van der Waals surface area contributed by atoms with Crippen LogP contribution >= 0.6 is 0 Å². The quantitative estimate of drug-likeness (QED) is 0.695. The first-order chi connectivity index (χ1) is 7.63. The van der Waals surface area contributed by atoms with E-state index in [1.165, 1.54) is 4.90 Å². The van der Waals surface area contributed by atoms with Crippen molar-refractivity contribution < 1.29 is 14.7 Å². The highest BCUT2D eigenvalue weighted by Crippen LogP contribution is 2.37. The van der Waals surface area contributed by atoms with Gasteiger partial charge in [0.05, 0.1) is 0 Å². The number of carbonyl (C=O) groups is 2. The molecule has 1 aromatic rings. The van der Waals surface area contributed by atoms with Gasteiger partial charge in [-0.3, -0.25) is 9.59 Å². The number of fused-ring (bicyclic) bond motifs is 2. The molecule has 1 saturated heterocycles. The fourth-order valence-electron chi connectivity index (χ4n) is 2.48. The molecular weight excluding hydrogens is 206 g/mol. The molecule has 2 heterocycles. The monoisotopic (exact) mass is 217 g/mol.